The van der Waals surface area contributed by atoms with Crippen LogP contribution in [0.3, 0.4) is 0 Å². The van der Waals surface area contributed by atoms with Crippen molar-refractivity contribution in [1.82, 2.24) is 8.61 Å². The quantitative estimate of drug-likeness (QED) is 0.862. The molecule has 21 heavy (non-hydrogen) atoms. The molecule has 1 aromatic rings. The third-order valence-electron chi connectivity index (χ3n) is 4.57. The monoisotopic (exact) mass is 312 g/mol. The zero-order chi connectivity index (χ0) is 14.9. The molecule has 0 spiro atoms. The molecule has 0 aromatic carbocycles. The molecule has 2 saturated heterocycles. The molecule has 3 heterocycles. The van der Waals surface area contributed by atoms with E-state index in [1.807, 2.05) is 12.1 Å². The fourth-order valence-corrected chi connectivity index (χ4v) is 5.44. The molecule has 1 aromatic heterocycles. The van der Waals surface area contributed by atoms with Crippen molar-refractivity contribution < 1.29 is 12.8 Å². The maximum Gasteiger partial charge on any atom is 0.282 e. The van der Waals surface area contributed by atoms with Crippen LogP contribution in [-0.2, 0) is 10.2 Å². The fourth-order valence-electron chi connectivity index (χ4n) is 3.45. The lowest BCUT2D eigenvalue weighted by Crippen LogP contribution is -2.50. The second-order valence-electron chi connectivity index (χ2n) is 6.25. The molecule has 2 fully saturated rings. The van der Waals surface area contributed by atoms with Crippen LogP contribution in [0, 0.1) is 5.92 Å². The largest absolute Gasteiger partial charge is 0.468 e. The first-order valence-corrected chi connectivity index (χ1v) is 9.29. The zero-order valence-corrected chi connectivity index (χ0v) is 13.4. The maximum atomic E-state index is 13.0. The lowest BCUT2D eigenvalue weighted by atomic mass is 10.0. The third kappa shape index (κ3) is 3.03. The molecular formula is C15H24N2O3S. The topological polar surface area (TPSA) is 53.8 Å². The second kappa shape index (κ2) is 6.10. The Balaban J connectivity index is 1.85. The minimum Gasteiger partial charge on any atom is -0.468 e. The van der Waals surface area contributed by atoms with Crippen LogP contribution in [0.1, 0.15) is 50.8 Å². The van der Waals surface area contributed by atoms with Crippen LogP contribution < -0.4 is 0 Å². The van der Waals surface area contributed by atoms with Crippen molar-refractivity contribution in [3.63, 3.8) is 0 Å². The van der Waals surface area contributed by atoms with E-state index in [1.165, 1.54) is 0 Å². The lowest BCUT2D eigenvalue weighted by molar-refractivity contribution is 0.194. The Morgan fingerprint density at radius 2 is 2.05 bits per heavy atom. The van der Waals surface area contributed by atoms with Gasteiger partial charge in [-0.2, -0.15) is 17.0 Å². The first-order valence-electron chi connectivity index (χ1n) is 7.89. The molecule has 0 bridgehead atoms. The van der Waals surface area contributed by atoms with E-state index < -0.39 is 10.2 Å². The van der Waals surface area contributed by atoms with Gasteiger partial charge in [-0.3, -0.25) is 0 Å². The fraction of sp³-hybridized carbons (Fsp3) is 0.733. The molecule has 0 unspecified atom stereocenters. The van der Waals surface area contributed by atoms with Gasteiger partial charge in [0, 0.05) is 19.6 Å². The number of nitrogens with zero attached hydrogens (tertiary/aromatic N) is 2. The van der Waals surface area contributed by atoms with E-state index in [0.717, 1.165) is 37.9 Å². The molecule has 3 rings (SSSR count). The summed E-state index contributed by atoms with van der Waals surface area (Å²) in [6.45, 7) is 4.01. The van der Waals surface area contributed by atoms with Gasteiger partial charge in [0.1, 0.15) is 5.76 Å². The minimum atomic E-state index is -3.39. The van der Waals surface area contributed by atoms with Crippen LogP contribution in [0.5, 0.6) is 0 Å². The molecule has 0 saturated carbocycles. The number of rotatable bonds is 3. The SMILES string of the molecule is C[C@@H]1CCCN(S(=O)(=O)N2CCCC[C@H]2c2ccco2)C1. The molecule has 0 N–H and O–H groups in total. The van der Waals surface area contributed by atoms with Gasteiger partial charge in [-0.05, 0) is 43.7 Å². The predicted molar refractivity (Wildman–Crippen MR) is 80.9 cm³/mol. The van der Waals surface area contributed by atoms with E-state index in [1.54, 1.807) is 14.9 Å². The highest BCUT2D eigenvalue weighted by atomic mass is 32.2. The average Bonchev–Trinajstić information content (AvgIpc) is 3.01. The van der Waals surface area contributed by atoms with Gasteiger partial charge in [-0.15, -0.1) is 0 Å². The number of hydrogen-bond donors (Lipinski definition) is 0. The van der Waals surface area contributed by atoms with Gasteiger partial charge >= 0.3 is 0 Å². The Morgan fingerprint density at radius 1 is 1.19 bits per heavy atom. The van der Waals surface area contributed by atoms with E-state index in [0.29, 0.717) is 25.6 Å². The third-order valence-corrected chi connectivity index (χ3v) is 6.58. The Labute approximate surface area is 127 Å². The van der Waals surface area contributed by atoms with E-state index in [9.17, 15) is 8.42 Å². The molecule has 0 aliphatic carbocycles. The van der Waals surface area contributed by atoms with Crippen molar-refractivity contribution in [2.24, 2.45) is 5.92 Å². The summed E-state index contributed by atoms with van der Waals surface area (Å²) in [4.78, 5) is 0. The van der Waals surface area contributed by atoms with Crippen LogP contribution >= 0.6 is 0 Å². The van der Waals surface area contributed by atoms with Crippen molar-refractivity contribution in [1.29, 1.82) is 0 Å². The van der Waals surface area contributed by atoms with Crippen molar-refractivity contribution in [2.45, 2.75) is 45.1 Å². The van der Waals surface area contributed by atoms with Gasteiger partial charge in [0.15, 0.2) is 0 Å². The molecule has 0 radical (unpaired) electrons. The molecule has 2 aliphatic rings. The number of piperidine rings is 2. The first kappa shape index (κ1) is 15.1. The molecule has 0 amide bonds. The Hall–Kier alpha value is -0.850. The average molecular weight is 312 g/mol. The Morgan fingerprint density at radius 3 is 2.76 bits per heavy atom. The smallest absolute Gasteiger partial charge is 0.282 e. The van der Waals surface area contributed by atoms with Gasteiger partial charge in [-0.25, -0.2) is 0 Å². The molecule has 2 aliphatic heterocycles. The van der Waals surface area contributed by atoms with E-state index >= 15 is 0 Å². The minimum absolute atomic E-state index is 0.143. The van der Waals surface area contributed by atoms with Crippen molar-refractivity contribution in [3.05, 3.63) is 24.2 Å². The standard InChI is InChI=1S/C15H24N2O3S/c1-13-6-4-9-16(12-13)21(18,19)17-10-3-2-7-14(17)15-8-5-11-20-15/h5,8,11,13-14H,2-4,6-7,9-10,12H2,1H3/t13-,14+/m1/s1. The predicted octanol–water partition coefficient (Wildman–Crippen LogP) is 2.78. The van der Waals surface area contributed by atoms with Crippen LogP contribution in [0.15, 0.2) is 22.8 Å². The highest BCUT2D eigenvalue weighted by molar-refractivity contribution is 7.86. The molecular weight excluding hydrogens is 288 g/mol. The number of hydrogen-bond acceptors (Lipinski definition) is 3. The van der Waals surface area contributed by atoms with Gasteiger partial charge in [0.2, 0.25) is 0 Å². The van der Waals surface area contributed by atoms with Crippen molar-refractivity contribution in [2.75, 3.05) is 19.6 Å². The van der Waals surface area contributed by atoms with Crippen molar-refractivity contribution >= 4 is 10.2 Å². The number of furan rings is 1. The summed E-state index contributed by atoms with van der Waals surface area (Å²) in [7, 11) is -3.39. The maximum absolute atomic E-state index is 13.0. The van der Waals surface area contributed by atoms with Gasteiger partial charge < -0.3 is 4.42 Å². The summed E-state index contributed by atoms with van der Waals surface area (Å²) in [6, 6.07) is 3.57. The van der Waals surface area contributed by atoms with Crippen molar-refractivity contribution in [3.8, 4) is 0 Å². The Kier molecular flexibility index (Phi) is 4.38. The normalized spacial score (nSPS) is 29.6. The van der Waals surface area contributed by atoms with Crippen LogP contribution in [0.25, 0.3) is 0 Å². The zero-order valence-electron chi connectivity index (χ0n) is 12.6. The van der Waals surface area contributed by atoms with Crippen LogP contribution in [0.4, 0.5) is 0 Å². The summed E-state index contributed by atoms with van der Waals surface area (Å²) >= 11 is 0. The van der Waals surface area contributed by atoms with Gasteiger partial charge in [-0.1, -0.05) is 13.3 Å². The van der Waals surface area contributed by atoms with Gasteiger partial charge in [0.05, 0.1) is 12.3 Å². The molecule has 6 heteroatoms. The highest BCUT2D eigenvalue weighted by Crippen LogP contribution is 2.35. The lowest BCUT2D eigenvalue weighted by Gasteiger charge is -2.39. The molecule has 118 valence electrons. The van der Waals surface area contributed by atoms with E-state index in [4.69, 9.17) is 4.42 Å². The van der Waals surface area contributed by atoms with Crippen LogP contribution in [-0.4, -0.2) is 36.7 Å². The second-order valence-corrected chi connectivity index (χ2v) is 8.13. The molecule has 5 nitrogen and oxygen atoms in total. The summed E-state index contributed by atoms with van der Waals surface area (Å²) in [5.41, 5.74) is 0. The van der Waals surface area contributed by atoms with Gasteiger partial charge in [0.25, 0.3) is 10.2 Å². The first-order chi connectivity index (χ1) is 10.1. The van der Waals surface area contributed by atoms with E-state index in [-0.39, 0.29) is 6.04 Å². The summed E-state index contributed by atoms with van der Waals surface area (Å²) in [5.74, 6) is 1.21. The Bertz CT molecular complexity index is 555. The highest BCUT2D eigenvalue weighted by Gasteiger charge is 2.39. The summed E-state index contributed by atoms with van der Waals surface area (Å²) in [6.07, 6.45) is 6.52. The summed E-state index contributed by atoms with van der Waals surface area (Å²) in [5, 5.41) is 0. The van der Waals surface area contributed by atoms with Crippen LogP contribution in [0.2, 0.25) is 0 Å². The molecule has 2 atom stereocenters. The van der Waals surface area contributed by atoms with E-state index in [2.05, 4.69) is 6.92 Å². The summed E-state index contributed by atoms with van der Waals surface area (Å²) < 4.78 is 34.8.